The number of nitrogens with two attached hydrogens (primary N) is 1. The Hall–Kier alpha value is -2.37. The summed E-state index contributed by atoms with van der Waals surface area (Å²) in [6, 6.07) is 16.4. The highest BCUT2D eigenvalue weighted by Crippen LogP contribution is 2.17. The lowest BCUT2D eigenvalue weighted by Gasteiger charge is -2.24. The molecule has 0 bridgehead atoms. The zero-order valence-corrected chi connectivity index (χ0v) is 15.2. The minimum Gasteiger partial charge on any atom is -0.352 e. The quantitative estimate of drug-likeness (QED) is 0.738. The van der Waals surface area contributed by atoms with Gasteiger partial charge in [0.1, 0.15) is 5.54 Å². The van der Waals surface area contributed by atoms with E-state index in [1.807, 2.05) is 43.3 Å². The number of carbonyl (C=O) groups is 2. The van der Waals surface area contributed by atoms with E-state index in [9.17, 15) is 9.59 Å². The van der Waals surface area contributed by atoms with Crippen molar-refractivity contribution in [1.29, 1.82) is 0 Å². The first kappa shape index (κ1) is 20.7. The molecule has 5 nitrogen and oxygen atoms in total. The van der Waals surface area contributed by atoms with Crippen LogP contribution in [0.25, 0.3) is 0 Å². The van der Waals surface area contributed by atoms with Crippen molar-refractivity contribution in [2.45, 2.75) is 25.9 Å². The Morgan fingerprint density at radius 1 is 1.04 bits per heavy atom. The molecule has 2 rings (SSSR count). The van der Waals surface area contributed by atoms with Gasteiger partial charge in [-0.2, -0.15) is 0 Å². The maximum atomic E-state index is 12.4. The van der Waals surface area contributed by atoms with Crippen molar-refractivity contribution in [2.75, 3.05) is 6.54 Å². The van der Waals surface area contributed by atoms with Gasteiger partial charge in [0.15, 0.2) is 0 Å². The average Bonchev–Trinajstić information content (AvgIpc) is 2.60. The number of nitrogens with one attached hydrogen (secondary N) is 2. The van der Waals surface area contributed by atoms with Crippen LogP contribution in [-0.2, 0) is 16.9 Å². The van der Waals surface area contributed by atoms with Crippen LogP contribution < -0.4 is 16.4 Å². The molecule has 0 fully saturated rings. The van der Waals surface area contributed by atoms with Crippen LogP contribution in [0.5, 0.6) is 0 Å². The van der Waals surface area contributed by atoms with Crippen LogP contribution in [-0.4, -0.2) is 18.4 Å². The van der Waals surface area contributed by atoms with Crippen molar-refractivity contribution >= 4 is 24.2 Å². The molecule has 2 aromatic rings. The van der Waals surface area contributed by atoms with E-state index < -0.39 is 5.54 Å². The van der Waals surface area contributed by atoms with Crippen LogP contribution in [0.2, 0.25) is 0 Å². The lowest BCUT2D eigenvalue weighted by Crippen LogP contribution is -2.48. The monoisotopic (exact) mass is 361 g/mol. The van der Waals surface area contributed by atoms with Crippen LogP contribution in [0.3, 0.4) is 0 Å². The first-order valence-corrected chi connectivity index (χ1v) is 7.95. The van der Waals surface area contributed by atoms with E-state index in [4.69, 9.17) is 5.73 Å². The van der Waals surface area contributed by atoms with Gasteiger partial charge in [-0.05, 0) is 37.1 Å². The van der Waals surface area contributed by atoms with E-state index in [0.717, 1.165) is 11.1 Å². The molecule has 134 valence electrons. The highest BCUT2D eigenvalue weighted by atomic mass is 35.5. The van der Waals surface area contributed by atoms with Crippen LogP contribution >= 0.6 is 12.4 Å². The van der Waals surface area contributed by atoms with Gasteiger partial charge in [-0.1, -0.05) is 42.5 Å². The van der Waals surface area contributed by atoms with Gasteiger partial charge in [0.25, 0.3) is 5.91 Å². The molecule has 1 unspecified atom stereocenters. The van der Waals surface area contributed by atoms with Crippen LogP contribution in [0.4, 0.5) is 0 Å². The molecule has 0 saturated heterocycles. The third-order valence-electron chi connectivity index (χ3n) is 3.82. The highest BCUT2D eigenvalue weighted by molar-refractivity contribution is 5.94. The SMILES string of the molecule is CCNC(=O)c1cccc(CNC(=O)C(C)(N)c2ccccc2)c1.Cl. The zero-order chi connectivity index (χ0) is 17.6. The van der Waals surface area contributed by atoms with Crippen LogP contribution in [0.15, 0.2) is 54.6 Å². The van der Waals surface area contributed by atoms with Crippen molar-refractivity contribution in [3.8, 4) is 0 Å². The minimum atomic E-state index is -1.11. The van der Waals surface area contributed by atoms with E-state index in [-0.39, 0.29) is 24.2 Å². The topological polar surface area (TPSA) is 84.2 Å². The number of halogens is 1. The molecule has 0 aliphatic carbocycles. The van der Waals surface area contributed by atoms with E-state index in [1.165, 1.54) is 0 Å². The molecule has 2 aromatic carbocycles. The van der Waals surface area contributed by atoms with Crippen molar-refractivity contribution in [3.63, 3.8) is 0 Å². The molecule has 0 aliphatic rings. The maximum absolute atomic E-state index is 12.4. The molecule has 6 heteroatoms. The normalized spacial score (nSPS) is 12.4. The standard InChI is InChI=1S/C19H23N3O2.ClH/c1-3-21-17(23)15-9-7-8-14(12-15)13-22-18(24)19(2,20)16-10-5-4-6-11-16;/h4-12H,3,13,20H2,1-2H3,(H,21,23)(H,22,24);1H. The fourth-order valence-corrected chi connectivity index (χ4v) is 2.37. The van der Waals surface area contributed by atoms with Gasteiger partial charge in [0.2, 0.25) is 5.91 Å². The summed E-state index contributed by atoms with van der Waals surface area (Å²) in [7, 11) is 0. The fourth-order valence-electron chi connectivity index (χ4n) is 2.37. The number of amides is 2. The summed E-state index contributed by atoms with van der Waals surface area (Å²) in [5.74, 6) is -0.393. The summed E-state index contributed by atoms with van der Waals surface area (Å²) in [6.07, 6.45) is 0. The number of carbonyl (C=O) groups excluding carboxylic acids is 2. The Balaban J connectivity index is 0.00000312. The Morgan fingerprint density at radius 2 is 1.72 bits per heavy atom. The molecule has 0 aliphatic heterocycles. The first-order chi connectivity index (χ1) is 11.4. The lowest BCUT2D eigenvalue weighted by molar-refractivity contribution is -0.126. The summed E-state index contributed by atoms with van der Waals surface area (Å²) in [4.78, 5) is 24.3. The van der Waals surface area contributed by atoms with Gasteiger partial charge in [-0.3, -0.25) is 9.59 Å². The number of benzene rings is 2. The predicted octanol–water partition coefficient (Wildman–Crippen LogP) is 2.35. The average molecular weight is 362 g/mol. The van der Waals surface area contributed by atoms with Crippen LogP contribution in [0, 0.1) is 0 Å². The fraction of sp³-hybridized carbons (Fsp3) is 0.263. The maximum Gasteiger partial charge on any atom is 0.251 e. The van der Waals surface area contributed by atoms with E-state index in [1.54, 1.807) is 25.1 Å². The second kappa shape index (κ2) is 9.20. The molecule has 0 radical (unpaired) electrons. The molecule has 0 saturated carbocycles. The summed E-state index contributed by atoms with van der Waals surface area (Å²) in [5, 5.41) is 5.59. The van der Waals surface area contributed by atoms with Gasteiger partial charge in [0, 0.05) is 18.7 Å². The number of hydrogen-bond donors (Lipinski definition) is 3. The summed E-state index contributed by atoms with van der Waals surface area (Å²) < 4.78 is 0. The van der Waals surface area contributed by atoms with Gasteiger partial charge >= 0.3 is 0 Å². The molecular formula is C19H24ClN3O2. The lowest BCUT2D eigenvalue weighted by atomic mass is 9.92. The predicted molar refractivity (Wildman–Crippen MR) is 102 cm³/mol. The Labute approximate surface area is 154 Å². The molecule has 2 amide bonds. The second-order valence-corrected chi connectivity index (χ2v) is 5.81. The highest BCUT2D eigenvalue weighted by Gasteiger charge is 2.29. The number of rotatable bonds is 6. The van der Waals surface area contributed by atoms with Gasteiger partial charge in [-0.25, -0.2) is 0 Å². The van der Waals surface area contributed by atoms with Crippen molar-refractivity contribution < 1.29 is 9.59 Å². The second-order valence-electron chi connectivity index (χ2n) is 5.81. The van der Waals surface area contributed by atoms with E-state index in [2.05, 4.69) is 10.6 Å². The largest absolute Gasteiger partial charge is 0.352 e. The minimum absolute atomic E-state index is 0. The zero-order valence-electron chi connectivity index (χ0n) is 14.4. The Bertz CT molecular complexity index is 718. The summed E-state index contributed by atoms with van der Waals surface area (Å²) in [6.45, 7) is 4.44. The first-order valence-electron chi connectivity index (χ1n) is 7.95. The molecular weight excluding hydrogens is 338 g/mol. The van der Waals surface area contributed by atoms with Crippen molar-refractivity contribution in [2.24, 2.45) is 5.73 Å². The van der Waals surface area contributed by atoms with E-state index >= 15 is 0 Å². The molecule has 0 aromatic heterocycles. The molecule has 0 heterocycles. The van der Waals surface area contributed by atoms with Crippen LogP contribution in [0.1, 0.15) is 35.3 Å². The van der Waals surface area contributed by atoms with Gasteiger partial charge in [0.05, 0.1) is 0 Å². The smallest absolute Gasteiger partial charge is 0.251 e. The van der Waals surface area contributed by atoms with E-state index in [0.29, 0.717) is 18.7 Å². The number of hydrogen-bond acceptors (Lipinski definition) is 3. The molecule has 0 spiro atoms. The molecule has 4 N–H and O–H groups in total. The molecule has 25 heavy (non-hydrogen) atoms. The Morgan fingerprint density at radius 3 is 2.36 bits per heavy atom. The summed E-state index contributed by atoms with van der Waals surface area (Å²) >= 11 is 0. The Kier molecular flexibility index (Phi) is 7.61. The van der Waals surface area contributed by atoms with Crippen molar-refractivity contribution in [1.82, 2.24) is 10.6 Å². The van der Waals surface area contributed by atoms with Gasteiger partial charge in [-0.15, -0.1) is 12.4 Å². The van der Waals surface area contributed by atoms with Gasteiger partial charge < -0.3 is 16.4 Å². The molecule has 1 atom stereocenters. The third kappa shape index (κ3) is 5.31. The van der Waals surface area contributed by atoms with Crippen molar-refractivity contribution in [3.05, 3.63) is 71.3 Å². The summed E-state index contributed by atoms with van der Waals surface area (Å²) in [5.41, 5.74) is 7.24. The third-order valence-corrected chi connectivity index (χ3v) is 3.82.